The van der Waals surface area contributed by atoms with Crippen molar-refractivity contribution in [3.8, 4) is 0 Å². The van der Waals surface area contributed by atoms with Crippen LogP contribution in [-0.4, -0.2) is 17.9 Å². The van der Waals surface area contributed by atoms with Gasteiger partial charge in [0.2, 0.25) is 0 Å². The lowest BCUT2D eigenvalue weighted by atomic mass is 9.73. The number of carbonyl (C=O) groups is 3. The first-order chi connectivity index (χ1) is 11.1. The third kappa shape index (κ3) is 3.69. The molecule has 0 saturated heterocycles. The summed E-state index contributed by atoms with van der Waals surface area (Å²) in [5, 5.41) is 0. The van der Waals surface area contributed by atoms with Crippen LogP contribution < -0.4 is 0 Å². The van der Waals surface area contributed by atoms with E-state index in [2.05, 4.69) is 0 Å². The number of rotatable bonds is 7. The van der Waals surface area contributed by atoms with Gasteiger partial charge in [-0.15, -0.1) is 0 Å². The van der Waals surface area contributed by atoms with Crippen LogP contribution in [0.25, 0.3) is 0 Å². The van der Waals surface area contributed by atoms with E-state index in [1.807, 2.05) is 12.1 Å². The molecule has 0 heterocycles. The van der Waals surface area contributed by atoms with Crippen molar-refractivity contribution in [2.75, 3.05) is 0 Å². The first-order valence-corrected chi connectivity index (χ1v) is 7.39. The van der Waals surface area contributed by atoms with E-state index in [1.54, 1.807) is 61.5 Å². The molecule has 0 aliphatic carbocycles. The summed E-state index contributed by atoms with van der Waals surface area (Å²) in [5.41, 5.74) is -0.278. The van der Waals surface area contributed by atoms with Gasteiger partial charge >= 0.3 is 0 Å². The van der Waals surface area contributed by atoms with Crippen molar-refractivity contribution < 1.29 is 14.4 Å². The van der Waals surface area contributed by atoms with E-state index in [0.717, 1.165) is 0 Å². The van der Waals surface area contributed by atoms with E-state index >= 15 is 0 Å². The van der Waals surface area contributed by atoms with Crippen molar-refractivity contribution >= 4 is 17.9 Å². The Morgan fingerprint density at radius 2 is 1.30 bits per heavy atom. The molecule has 0 N–H and O–H groups in total. The fourth-order valence-electron chi connectivity index (χ4n) is 2.46. The molecular formula is C20H18O3. The predicted octanol–water partition coefficient (Wildman–Crippen LogP) is 3.90. The molecule has 0 unspecified atom stereocenters. The number of allylic oxidation sites excluding steroid dienone is 2. The quantitative estimate of drug-likeness (QED) is 0.337. The maximum absolute atomic E-state index is 12.9. The first-order valence-electron chi connectivity index (χ1n) is 7.39. The Morgan fingerprint density at radius 3 is 1.70 bits per heavy atom. The molecule has 116 valence electrons. The minimum Gasteiger partial charge on any atom is -0.299 e. The Balaban J connectivity index is 2.43. The number of hydrogen-bond donors (Lipinski definition) is 0. The van der Waals surface area contributed by atoms with E-state index in [0.29, 0.717) is 17.4 Å². The van der Waals surface area contributed by atoms with E-state index in [9.17, 15) is 14.4 Å². The Bertz CT molecular complexity index is 664. The summed E-state index contributed by atoms with van der Waals surface area (Å²) >= 11 is 0. The molecule has 0 bridgehead atoms. The summed E-state index contributed by atoms with van der Waals surface area (Å²) in [6.45, 7) is 1.63. The zero-order valence-electron chi connectivity index (χ0n) is 12.9. The first kappa shape index (κ1) is 16.6. The zero-order valence-corrected chi connectivity index (χ0v) is 12.9. The second kappa shape index (κ2) is 7.45. The molecule has 0 radical (unpaired) electrons. The molecule has 2 aromatic carbocycles. The van der Waals surface area contributed by atoms with Crippen LogP contribution in [0.5, 0.6) is 0 Å². The molecule has 2 aromatic rings. The number of Topliss-reactive ketones (excluding diaryl/α,β-unsaturated/α-hetero) is 2. The maximum Gasteiger partial charge on any atom is 0.176 e. The van der Waals surface area contributed by atoms with Gasteiger partial charge in [0, 0.05) is 11.1 Å². The van der Waals surface area contributed by atoms with Crippen molar-refractivity contribution in [1.82, 2.24) is 0 Å². The zero-order chi connectivity index (χ0) is 16.7. The highest BCUT2D eigenvalue weighted by molar-refractivity contribution is 6.19. The van der Waals surface area contributed by atoms with E-state index in [4.69, 9.17) is 0 Å². The van der Waals surface area contributed by atoms with Crippen LogP contribution in [-0.2, 0) is 4.79 Å². The summed E-state index contributed by atoms with van der Waals surface area (Å²) in [4.78, 5) is 36.4. The molecule has 23 heavy (non-hydrogen) atoms. The maximum atomic E-state index is 12.9. The second-order valence-corrected chi connectivity index (χ2v) is 5.49. The average Bonchev–Trinajstić information content (AvgIpc) is 2.62. The topological polar surface area (TPSA) is 51.2 Å². The van der Waals surface area contributed by atoms with Crippen molar-refractivity contribution in [3.63, 3.8) is 0 Å². The van der Waals surface area contributed by atoms with E-state index < -0.39 is 5.41 Å². The van der Waals surface area contributed by atoms with Gasteiger partial charge in [-0.25, -0.2) is 0 Å². The number of benzene rings is 2. The molecule has 0 aliphatic rings. The molecule has 2 rings (SSSR count). The van der Waals surface area contributed by atoms with Crippen LogP contribution in [0.15, 0.2) is 72.8 Å². The molecule has 3 nitrogen and oxygen atoms in total. The number of aldehydes is 1. The normalized spacial score (nSPS) is 11.3. The third-order valence-electron chi connectivity index (χ3n) is 3.82. The highest BCUT2D eigenvalue weighted by Crippen LogP contribution is 2.31. The van der Waals surface area contributed by atoms with Crippen LogP contribution in [0.4, 0.5) is 0 Å². The Kier molecular flexibility index (Phi) is 5.36. The Hall–Kier alpha value is -2.81. The number of hydrogen-bond acceptors (Lipinski definition) is 3. The van der Waals surface area contributed by atoms with Gasteiger partial charge in [-0.3, -0.25) is 14.4 Å². The fourth-order valence-corrected chi connectivity index (χ4v) is 2.46. The fraction of sp³-hybridized carbons (Fsp3) is 0.150. The summed E-state index contributed by atoms with van der Waals surface area (Å²) in [6.07, 6.45) is 3.69. The lowest BCUT2D eigenvalue weighted by Gasteiger charge is -2.25. The van der Waals surface area contributed by atoms with Crippen molar-refractivity contribution in [3.05, 3.63) is 83.9 Å². The minimum atomic E-state index is -1.25. The minimum absolute atomic E-state index is 0.174. The standard InChI is InChI=1S/C20H18O3/c1-20(14-8-9-15-21,18(22)16-10-4-2-5-11-16)19(23)17-12-6-3-7-13-17/h2-13,15H,14H2,1H3/b9-8+. The molecule has 0 aromatic heterocycles. The second-order valence-electron chi connectivity index (χ2n) is 5.49. The average molecular weight is 306 g/mol. The van der Waals surface area contributed by atoms with E-state index in [1.165, 1.54) is 6.08 Å². The molecule has 0 spiro atoms. The lowest BCUT2D eigenvalue weighted by Crippen LogP contribution is -2.36. The monoisotopic (exact) mass is 306 g/mol. The van der Waals surface area contributed by atoms with E-state index in [-0.39, 0.29) is 18.0 Å². The van der Waals surface area contributed by atoms with Gasteiger partial charge in [0.25, 0.3) is 0 Å². The molecule has 0 aliphatic heterocycles. The largest absolute Gasteiger partial charge is 0.299 e. The van der Waals surface area contributed by atoms with Crippen LogP contribution in [0, 0.1) is 5.41 Å². The van der Waals surface area contributed by atoms with Crippen LogP contribution >= 0.6 is 0 Å². The molecule has 0 fully saturated rings. The Labute approximate surface area is 135 Å². The number of carbonyl (C=O) groups excluding carboxylic acids is 3. The van der Waals surface area contributed by atoms with Gasteiger partial charge in [0.1, 0.15) is 6.29 Å². The molecule has 3 heteroatoms. The van der Waals surface area contributed by atoms with Gasteiger partial charge in [0.15, 0.2) is 11.6 Å². The molecule has 0 atom stereocenters. The molecular weight excluding hydrogens is 288 g/mol. The number of ketones is 2. The predicted molar refractivity (Wildman–Crippen MR) is 89.5 cm³/mol. The van der Waals surface area contributed by atoms with Gasteiger partial charge in [-0.05, 0) is 19.4 Å². The summed E-state index contributed by atoms with van der Waals surface area (Å²) in [5.74, 6) is -0.495. The summed E-state index contributed by atoms with van der Waals surface area (Å²) < 4.78 is 0. The molecule has 0 saturated carbocycles. The van der Waals surface area contributed by atoms with Crippen molar-refractivity contribution in [2.45, 2.75) is 13.3 Å². The van der Waals surface area contributed by atoms with Crippen LogP contribution in [0.2, 0.25) is 0 Å². The SMILES string of the molecule is CC(C/C=C/C=O)(C(=O)c1ccccc1)C(=O)c1ccccc1. The molecule has 0 amide bonds. The van der Waals surface area contributed by atoms with Crippen LogP contribution in [0.3, 0.4) is 0 Å². The van der Waals surface area contributed by atoms with Gasteiger partial charge in [-0.2, -0.15) is 0 Å². The van der Waals surface area contributed by atoms with Crippen molar-refractivity contribution in [1.29, 1.82) is 0 Å². The van der Waals surface area contributed by atoms with Gasteiger partial charge < -0.3 is 0 Å². The Morgan fingerprint density at radius 1 is 0.870 bits per heavy atom. The van der Waals surface area contributed by atoms with Gasteiger partial charge in [0.05, 0.1) is 5.41 Å². The van der Waals surface area contributed by atoms with Crippen molar-refractivity contribution in [2.24, 2.45) is 5.41 Å². The van der Waals surface area contributed by atoms with Gasteiger partial charge in [-0.1, -0.05) is 66.7 Å². The highest BCUT2D eigenvalue weighted by Gasteiger charge is 2.40. The van der Waals surface area contributed by atoms with Crippen LogP contribution in [0.1, 0.15) is 34.1 Å². The summed E-state index contributed by atoms with van der Waals surface area (Å²) in [7, 11) is 0. The third-order valence-corrected chi connectivity index (χ3v) is 3.82. The summed E-state index contributed by atoms with van der Waals surface area (Å²) in [6, 6.07) is 17.5. The highest BCUT2D eigenvalue weighted by atomic mass is 16.2. The lowest BCUT2D eigenvalue weighted by molar-refractivity contribution is -0.104. The smallest absolute Gasteiger partial charge is 0.176 e.